The Morgan fingerprint density at radius 3 is 2.48 bits per heavy atom. The summed E-state index contributed by atoms with van der Waals surface area (Å²) in [4.78, 5) is 27.0. The van der Waals surface area contributed by atoms with Crippen molar-refractivity contribution < 1.29 is 4.39 Å². The highest BCUT2D eigenvalue weighted by Crippen LogP contribution is 2.28. The van der Waals surface area contributed by atoms with Crippen LogP contribution in [0.4, 0.5) is 21.8 Å². The van der Waals surface area contributed by atoms with E-state index in [0.29, 0.717) is 17.5 Å². The molecular formula is C23H19FN6O. The van der Waals surface area contributed by atoms with Crippen LogP contribution in [0.15, 0.2) is 90.8 Å². The highest BCUT2D eigenvalue weighted by molar-refractivity contribution is 5.71. The summed E-state index contributed by atoms with van der Waals surface area (Å²) in [7, 11) is 0. The molecule has 3 N–H and O–H groups in total. The fourth-order valence-corrected chi connectivity index (χ4v) is 3.03. The summed E-state index contributed by atoms with van der Waals surface area (Å²) in [6, 6.07) is 12.8. The van der Waals surface area contributed by atoms with Gasteiger partial charge in [0.1, 0.15) is 23.3 Å². The normalized spacial score (nSPS) is 11.5. The number of aromatic nitrogens is 4. The molecule has 3 heterocycles. The molecule has 154 valence electrons. The number of benzene rings is 1. The first-order chi connectivity index (χ1) is 15.1. The van der Waals surface area contributed by atoms with Crippen LogP contribution in [0.25, 0.3) is 11.1 Å². The van der Waals surface area contributed by atoms with Gasteiger partial charge in [-0.05, 0) is 47.0 Å². The van der Waals surface area contributed by atoms with Gasteiger partial charge in [0.2, 0.25) is 5.56 Å². The lowest BCUT2D eigenvalue weighted by molar-refractivity contribution is 0.627. The Balaban J connectivity index is 1.71. The maximum atomic E-state index is 13.3. The lowest BCUT2D eigenvalue weighted by Gasteiger charge is -2.18. The molecule has 0 aliphatic rings. The van der Waals surface area contributed by atoms with Gasteiger partial charge < -0.3 is 15.6 Å². The number of nitrogens with zero attached hydrogens (tertiary/aromatic N) is 3. The molecule has 0 saturated carbocycles. The van der Waals surface area contributed by atoms with E-state index < -0.39 is 0 Å². The molecule has 0 amide bonds. The largest absolute Gasteiger partial charge is 0.360 e. The van der Waals surface area contributed by atoms with Gasteiger partial charge in [0.25, 0.3) is 0 Å². The summed E-state index contributed by atoms with van der Waals surface area (Å²) >= 11 is 0. The van der Waals surface area contributed by atoms with E-state index >= 15 is 0 Å². The molecule has 4 rings (SSSR count). The van der Waals surface area contributed by atoms with Crippen LogP contribution >= 0.6 is 0 Å². The molecule has 0 saturated heterocycles. The first kappa shape index (κ1) is 20.0. The van der Waals surface area contributed by atoms with Crippen LogP contribution in [-0.2, 0) is 0 Å². The van der Waals surface area contributed by atoms with Gasteiger partial charge in [-0.25, -0.2) is 14.4 Å². The average Bonchev–Trinajstić information content (AvgIpc) is 2.79. The molecule has 0 fully saturated rings. The van der Waals surface area contributed by atoms with Crippen LogP contribution in [0.5, 0.6) is 0 Å². The van der Waals surface area contributed by atoms with Crippen molar-refractivity contribution in [1.29, 1.82) is 0 Å². The van der Waals surface area contributed by atoms with Gasteiger partial charge in [0.15, 0.2) is 0 Å². The van der Waals surface area contributed by atoms with Crippen LogP contribution in [0.1, 0.15) is 11.6 Å². The van der Waals surface area contributed by atoms with Gasteiger partial charge in [-0.3, -0.25) is 9.78 Å². The summed E-state index contributed by atoms with van der Waals surface area (Å²) in [6.45, 7) is 3.88. The maximum Gasteiger partial charge on any atom is 0.247 e. The molecule has 31 heavy (non-hydrogen) atoms. The Hall–Kier alpha value is -4.33. The van der Waals surface area contributed by atoms with Crippen molar-refractivity contribution in [2.24, 2.45) is 0 Å². The van der Waals surface area contributed by atoms with Crippen molar-refractivity contribution in [3.05, 3.63) is 108 Å². The highest BCUT2D eigenvalue weighted by Gasteiger charge is 2.12. The number of aromatic amines is 1. The van der Waals surface area contributed by atoms with Crippen LogP contribution < -0.4 is 16.2 Å². The number of rotatable bonds is 7. The fourth-order valence-electron chi connectivity index (χ4n) is 3.03. The Morgan fingerprint density at radius 2 is 1.81 bits per heavy atom. The third-order valence-electron chi connectivity index (χ3n) is 4.53. The minimum atomic E-state index is -0.305. The standard InChI is InChI=1S/C23H19FN6O/c1-2-19(15-3-6-18(24)7-4-15)28-20-11-17(16-5-8-23(31)27-13-16)12-21(29-20)30-22-14-25-9-10-26-22/h2-14,19H,1H2,(H,27,31)(H2,26,28,29,30)/t19-/m0/s1. The summed E-state index contributed by atoms with van der Waals surface area (Å²) < 4.78 is 13.3. The lowest BCUT2D eigenvalue weighted by atomic mass is 10.1. The number of H-pyrrole nitrogens is 1. The Kier molecular flexibility index (Phi) is 5.79. The van der Waals surface area contributed by atoms with Gasteiger partial charge in [-0.1, -0.05) is 18.2 Å². The zero-order valence-electron chi connectivity index (χ0n) is 16.4. The van der Waals surface area contributed by atoms with E-state index in [4.69, 9.17) is 0 Å². The highest BCUT2D eigenvalue weighted by atomic mass is 19.1. The molecule has 0 aliphatic heterocycles. The fraction of sp³-hybridized carbons (Fsp3) is 0.0435. The van der Waals surface area contributed by atoms with Crippen molar-refractivity contribution >= 4 is 17.5 Å². The molecule has 0 radical (unpaired) electrons. The van der Waals surface area contributed by atoms with Gasteiger partial charge >= 0.3 is 0 Å². The Labute approximate surface area is 177 Å². The second kappa shape index (κ2) is 9.00. The summed E-state index contributed by atoms with van der Waals surface area (Å²) in [6.07, 6.45) is 8.11. The molecular weight excluding hydrogens is 395 g/mol. The van der Waals surface area contributed by atoms with E-state index in [0.717, 1.165) is 16.7 Å². The second-order valence-electron chi connectivity index (χ2n) is 6.69. The summed E-state index contributed by atoms with van der Waals surface area (Å²) in [5.74, 6) is 1.33. The SMILES string of the molecule is C=C[C@H](Nc1cc(-c2ccc(=O)[nH]c2)cc(Nc2cnccn2)n1)c1ccc(F)cc1. The average molecular weight is 414 g/mol. The van der Waals surface area contributed by atoms with Crippen LogP contribution in [0.3, 0.4) is 0 Å². The smallest absolute Gasteiger partial charge is 0.247 e. The van der Waals surface area contributed by atoms with Crippen molar-refractivity contribution in [2.45, 2.75) is 6.04 Å². The molecule has 0 unspecified atom stereocenters. The number of hydrogen-bond acceptors (Lipinski definition) is 6. The summed E-state index contributed by atoms with van der Waals surface area (Å²) in [5.41, 5.74) is 2.29. The van der Waals surface area contributed by atoms with E-state index in [1.54, 1.807) is 49.1 Å². The maximum absolute atomic E-state index is 13.3. The zero-order valence-corrected chi connectivity index (χ0v) is 16.4. The molecule has 8 heteroatoms. The number of nitrogens with one attached hydrogen (secondary N) is 3. The van der Waals surface area contributed by atoms with E-state index in [2.05, 4.69) is 37.1 Å². The Bertz CT molecular complexity index is 1220. The first-order valence-electron chi connectivity index (χ1n) is 9.49. The van der Waals surface area contributed by atoms with Crippen molar-refractivity contribution in [3.63, 3.8) is 0 Å². The van der Waals surface area contributed by atoms with E-state index in [1.807, 2.05) is 12.1 Å². The van der Waals surface area contributed by atoms with Crippen LogP contribution in [-0.4, -0.2) is 19.9 Å². The molecule has 4 aromatic rings. The predicted molar refractivity (Wildman–Crippen MR) is 119 cm³/mol. The number of anilines is 3. The van der Waals surface area contributed by atoms with E-state index in [-0.39, 0.29) is 17.4 Å². The van der Waals surface area contributed by atoms with E-state index in [1.165, 1.54) is 18.2 Å². The third-order valence-corrected chi connectivity index (χ3v) is 4.53. The van der Waals surface area contributed by atoms with Crippen LogP contribution in [0, 0.1) is 5.82 Å². The topological polar surface area (TPSA) is 95.6 Å². The van der Waals surface area contributed by atoms with E-state index in [9.17, 15) is 9.18 Å². The van der Waals surface area contributed by atoms with Gasteiger partial charge in [0.05, 0.1) is 12.2 Å². The molecule has 0 bridgehead atoms. The quantitative estimate of drug-likeness (QED) is 0.387. The molecule has 7 nitrogen and oxygen atoms in total. The first-order valence-corrected chi connectivity index (χ1v) is 9.49. The molecule has 0 aliphatic carbocycles. The number of pyridine rings is 2. The monoisotopic (exact) mass is 414 g/mol. The Morgan fingerprint density at radius 1 is 1.00 bits per heavy atom. The minimum absolute atomic E-state index is 0.183. The summed E-state index contributed by atoms with van der Waals surface area (Å²) in [5, 5.41) is 6.44. The zero-order chi connectivity index (χ0) is 21.6. The second-order valence-corrected chi connectivity index (χ2v) is 6.69. The molecule has 1 aromatic carbocycles. The van der Waals surface area contributed by atoms with Crippen molar-refractivity contribution in [3.8, 4) is 11.1 Å². The predicted octanol–water partition coefficient (Wildman–Crippen LogP) is 4.45. The lowest BCUT2D eigenvalue weighted by Crippen LogP contribution is -2.10. The molecule has 0 spiro atoms. The molecule has 3 aromatic heterocycles. The number of halogens is 1. The molecule has 1 atom stereocenters. The van der Waals surface area contributed by atoms with Crippen molar-refractivity contribution in [1.82, 2.24) is 19.9 Å². The third kappa shape index (κ3) is 4.99. The number of hydrogen-bond donors (Lipinski definition) is 3. The van der Waals surface area contributed by atoms with Gasteiger partial charge in [-0.15, -0.1) is 6.58 Å². The minimum Gasteiger partial charge on any atom is -0.360 e. The van der Waals surface area contributed by atoms with Gasteiger partial charge in [-0.2, -0.15) is 0 Å². The van der Waals surface area contributed by atoms with Crippen LogP contribution in [0.2, 0.25) is 0 Å². The van der Waals surface area contributed by atoms with Gasteiger partial charge in [0, 0.05) is 24.7 Å². The van der Waals surface area contributed by atoms with Crippen molar-refractivity contribution in [2.75, 3.05) is 10.6 Å².